The maximum atomic E-state index is 11.4. The highest BCUT2D eigenvalue weighted by molar-refractivity contribution is 14.1. The summed E-state index contributed by atoms with van der Waals surface area (Å²) < 4.78 is 9.92. The summed E-state index contributed by atoms with van der Waals surface area (Å²) in [6.45, 7) is 1.85. The Kier molecular flexibility index (Phi) is 6.32. The number of halogens is 1. The van der Waals surface area contributed by atoms with Gasteiger partial charge < -0.3 is 23.1 Å². The fourth-order valence-electron chi connectivity index (χ4n) is 1.47. The minimum Gasteiger partial charge on any atom is -0.448 e. The molecule has 0 aromatic rings. The van der Waals surface area contributed by atoms with E-state index in [1.807, 2.05) is 0 Å². The summed E-state index contributed by atoms with van der Waals surface area (Å²) in [6, 6.07) is 0.0631. The number of nitrogens with zero attached hydrogens (tertiary/aromatic N) is 1. The molecule has 16 heavy (non-hydrogen) atoms. The van der Waals surface area contributed by atoms with Crippen LogP contribution in [0, 0.1) is 0 Å². The first-order chi connectivity index (χ1) is 7.63. The molecule has 0 aromatic carbocycles. The minimum atomic E-state index is -0.364. The number of amides is 1. The van der Waals surface area contributed by atoms with Gasteiger partial charge in [0, 0.05) is 26.2 Å². The molecule has 0 spiro atoms. The van der Waals surface area contributed by atoms with Crippen LogP contribution in [-0.2, 0) is 7.80 Å². The molecule has 0 saturated carbocycles. The van der Waals surface area contributed by atoms with Gasteiger partial charge in [-0.3, -0.25) is 0 Å². The average molecular weight is 344 g/mol. The molecule has 0 aliphatic carbocycles. The van der Waals surface area contributed by atoms with Crippen molar-refractivity contribution in [2.45, 2.75) is 18.6 Å². The molecule has 2 unspecified atom stereocenters. The number of likely N-dealkylation sites (N-methyl/N-ethyl adjacent to an activating group) is 1. The van der Waals surface area contributed by atoms with Gasteiger partial charge in [0.1, 0.15) is 29.6 Å². The Balaban J connectivity index is 2.14. The van der Waals surface area contributed by atoms with Crippen LogP contribution in [0.25, 0.3) is 0 Å². The minimum absolute atomic E-state index is 0.0631. The lowest BCUT2D eigenvalue weighted by atomic mass is 10.2. The molecule has 1 aliphatic heterocycles. The first kappa shape index (κ1) is 13.9. The van der Waals surface area contributed by atoms with Crippen molar-refractivity contribution in [3.63, 3.8) is 0 Å². The lowest BCUT2D eigenvalue weighted by molar-refractivity contribution is 0.0979. The quantitative estimate of drug-likeness (QED) is 0.695. The van der Waals surface area contributed by atoms with Gasteiger partial charge in [-0.1, -0.05) is 0 Å². The van der Waals surface area contributed by atoms with Crippen molar-refractivity contribution < 1.29 is 17.7 Å². The van der Waals surface area contributed by atoms with Gasteiger partial charge in [-0.05, 0) is 6.42 Å². The molecule has 2 N–H and O–H groups in total. The van der Waals surface area contributed by atoms with Gasteiger partial charge in [-0.25, -0.2) is 4.79 Å². The van der Waals surface area contributed by atoms with Crippen molar-refractivity contribution in [1.29, 1.82) is 0 Å². The predicted octanol–water partition coefficient (Wildman–Crippen LogP) is 0.144. The monoisotopic (exact) mass is 344 g/mol. The van der Waals surface area contributed by atoms with Crippen LogP contribution >= 0.6 is 23.0 Å². The molecule has 1 heterocycles. The highest BCUT2D eigenvalue weighted by Gasteiger charge is 2.23. The van der Waals surface area contributed by atoms with Crippen molar-refractivity contribution in [3.05, 3.63) is 0 Å². The molecule has 1 aliphatic rings. The second-order valence-corrected chi connectivity index (χ2v) is 4.43. The molecule has 1 amide bonds. The van der Waals surface area contributed by atoms with Crippen LogP contribution in [0.15, 0.2) is 0 Å². The van der Waals surface area contributed by atoms with Crippen LogP contribution in [0.4, 0.5) is 4.79 Å². The summed E-state index contributed by atoms with van der Waals surface area (Å²) in [5, 5.41) is 12.3. The SMILES string of the molecule is CN(CCOI)C(=O)OCC1CC(O)CN1. The third kappa shape index (κ3) is 4.81. The van der Waals surface area contributed by atoms with Gasteiger partial charge in [0.2, 0.25) is 0 Å². The number of hydrogen-bond acceptors (Lipinski definition) is 5. The second kappa shape index (κ2) is 7.25. The van der Waals surface area contributed by atoms with E-state index in [0.29, 0.717) is 32.7 Å². The maximum absolute atomic E-state index is 11.4. The molecule has 1 fully saturated rings. The topological polar surface area (TPSA) is 71.0 Å². The Labute approximate surface area is 109 Å². The van der Waals surface area contributed by atoms with E-state index in [2.05, 4.69) is 5.32 Å². The van der Waals surface area contributed by atoms with E-state index in [9.17, 15) is 9.90 Å². The average Bonchev–Trinajstić information content (AvgIpc) is 2.68. The molecule has 2 atom stereocenters. The fourth-order valence-corrected chi connectivity index (χ4v) is 1.67. The van der Waals surface area contributed by atoms with Crippen LogP contribution in [0.3, 0.4) is 0 Å². The van der Waals surface area contributed by atoms with Crippen LogP contribution in [0.1, 0.15) is 6.42 Å². The van der Waals surface area contributed by atoms with Gasteiger partial charge in [0.25, 0.3) is 0 Å². The molecular weight excluding hydrogens is 327 g/mol. The molecule has 0 bridgehead atoms. The van der Waals surface area contributed by atoms with E-state index in [-0.39, 0.29) is 18.2 Å². The highest BCUT2D eigenvalue weighted by Crippen LogP contribution is 2.07. The summed E-state index contributed by atoms with van der Waals surface area (Å²) in [6.07, 6.45) is -0.0566. The number of rotatable bonds is 5. The first-order valence-electron chi connectivity index (χ1n) is 5.16. The molecule has 1 rings (SSSR count). The Hall–Kier alpha value is -0.120. The zero-order valence-electron chi connectivity index (χ0n) is 9.19. The number of hydrogen-bond donors (Lipinski definition) is 2. The van der Waals surface area contributed by atoms with E-state index >= 15 is 0 Å². The van der Waals surface area contributed by atoms with Crippen molar-refractivity contribution in [2.75, 3.05) is 33.4 Å². The second-order valence-electron chi connectivity index (χ2n) is 3.81. The van der Waals surface area contributed by atoms with E-state index in [4.69, 9.17) is 7.80 Å². The number of β-amino-alcohol motifs (C(OH)–C–C–N with tert-alkyl or cyclic N) is 1. The standard InChI is InChI=1S/C9H17IN2O4/c1-12(2-3-16-10)9(14)15-6-7-4-8(13)5-11-7/h7-8,11,13H,2-6H2,1H3. The molecule has 7 heteroatoms. The number of carbonyl (C=O) groups is 1. The number of carbonyl (C=O) groups excluding carboxylic acids is 1. The number of ether oxygens (including phenoxy) is 1. The molecule has 0 radical (unpaired) electrons. The largest absolute Gasteiger partial charge is 0.448 e. The summed E-state index contributed by atoms with van der Waals surface area (Å²) in [5.74, 6) is 0. The predicted molar refractivity (Wildman–Crippen MR) is 66.4 cm³/mol. The summed E-state index contributed by atoms with van der Waals surface area (Å²) in [5.41, 5.74) is 0. The third-order valence-electron chi connectivity index (χ3n) is 2.42. The van der Waals surface area contributed by atoms with Crippen LogP contribution in [0.2, 0.25) is 0 Å². The molecule has 6 nitrogen and oxygen atoms in total. The summed E-state index contributed by atoms with van der Waals surface area (Å²) in [7, 11) is 1.66. The molecule has 1 saturated heterocycles. The van der Waals surface area contributed by atoms with Crippen molar-refractivity contribution >= 4 is 29.1 Å². The molecular formula is C9H17IN2O4. The number of aliphatic hydroxyl groups is 1. The van der Waals surface area contributed by atoms with E-state index in [1.165, 1.54) is 4.90 Å². The Bertz CT molecular complexity index is 230. The van der Waals surface area contributed by atoms with E-state index < -0.39 is 0 Å². The zero-order chi connectivity index (χ0) is 12.0. The Morgan fingerprint density at radius 3 is 3.00 bits per heavy atom. The number of nitrogens with one attached hydrogen (secondary N) is 1. The van der Waals surface area contributed by atoms with Crippen molar-refractivity contribution in [2.24, 2.45) is 0 Å². The van der Waals surface area contributed by atoms with Gasteiger partial charge in [-0.2, -0.15) is 0 Å². The van der Waals surface area contributed by atoms with Gasteiger partial charge in [-0.15, -0.1) is 0 Å². The molecule has 0 aromatic heterocycles. The summed E-state index contributed by atoms with van der Waals surface area (Å²) >= 11 is 1.78. The van der Waals surface area contributed by atoms with Gasteiger partial charge in [0.15, 0.2) is 0 Å². The first-order valence-corrected chi connectivity index (χ1v) is 6.04. The number of aliphatic hydroxyl groups excluding tert-OH is 1. The smallest absolute Gasteiger partial charge is 0.409 e. The highest BCUT2D eigenvalue weighted by atomic mass is 127. The van der Waals surface area contributed by atoms with Gasteiger partial charge in [0.05, 0.1) is 12.7 Å². The zero-order valence-corrected chi connectivity index (χ0v) is 11.3. The van der Waals surface area contributed by atoms with Gasteiger partial charge >= 0.3 is 6.09 Å². The van der Waals surface area contributed by atoms with Crippen molar-refractivity contribution in [3.8, 4) is 0 Å². The molecule has 94 valence electrons. The Morgan fingerprint density at radius 2 is 2.44 bits per heavy atom. The van der Waals surface area contributed by atoms with Crippen LogP contribution in [0.5, 0.6) is 0 Å². The van der Waals surface area contributed by atoms with Crippen LogP contribution in [-0.4, -0.2) is 61.6 Å². The lowest BCUT2D eigenvalue weighted by Crippen LogP contribution is -2.34. The summed E-state index contributed by atoms with van der Waals surface area (Å²) in [4.78, 5) is 12.9. The van der Waals surface area contributed by atoms with Crippen molar-refractivity contribution in [1.82, 2.24) is 10.2 Å². The maximum Gasteiger partial charge on any atom is 0.409 e. The van der Waals surface area contributed by atoms with E-state index in [1.54, 1.807) is 30.1 Å². The fraction of sp³-hybridized carbons (Fsp3) is 0.889. The lowest BCUT2D eigenvalue weighted by Gasteiger charge is -2.17. The normalized spacial score (nSPS) is 24.4. The Morgan fingerprint density at radius 1 is 1.69 bits per heavy atom. The van der Waals surface area contributed by atoms with Crippen LogP contribution < -0.4 is 5.32 Å². The van der Waals surface area contributed by atoms with E-state index in [0.717, 1.165) is 0 Å². The third-order valence-corrected chi connectivity index (χ3v) is 2.86.